The van der Waals surface area contributed by atoms with Gasteiger partial charge in [-0.05, 0) is 37.5 Å². The highest BCUT2D eigenvalue weighted by molar-refractivity contribution is 7.99. The molecule has 1 aromatic heterocycles. The SMILES string of the molecule is CCCc1nnc(SCC(=O)Nc2cc(C)ccc2C)n1N. The van der Waals surface area contributed by atoms with Crippen molar-refractivity contribution in [2.75, 3.05) is 16.9 Å². The van der Waals surface area contributed by atoms with Crippen molar-refractivity contribution < 1.29 is 4.79 Å². The lowest BCUT2D eigenvalue weighted by Gasteiger charge is -2.09. The van der Waals surface area contributed by atoms with Gasteiger partial charge < -0.3 is 11.2 Å². The van der Waals surface area contributed by atoms with Crippen LogP contribution in [0.2, 0.25) is 0 Å². The largest absolute Gasteiger partial charge is 0.336 e. The topological polar surface area (TPSA) is 85.8 Å². The first-order valence-corrected chi connectivity index (χ1v) is 8.19. The summed E-state index contributed by atoms with van der Waals surface area (Å²) in [6.45, 7) is 6.02. The summed E-state index contributed by atoms with van der Waals surface area (Å²) in [7, 11) is 0. The van der Waals surface area contributed by atoms with E-state index >= 15 is 0 Å². The Kier molecular flexibility index (Phi) is 5.43. The summed E-state index contributed by atoms with van der Waals surface area (Å²) < 4.78 is 1.46. The lowest BCUT2D eigenvalue weighted by Crippen LogP contribution is -2.17. The highest BCUT2D eigenvalue weighted by Crippen LogP contribution is 2.19. The number of hydrogen-bond donors (Lipinski definition) is 2. The fourth-order valence-corrected chi connectivity index (χ4v) is 2.66. The van der Waals surface area contributed by atoms with Crippen LogP contribution in [0.4, 0.5) is 5.69 Å². The average molecular weight is 319 g/mol. The van der Waals surface area contributed by atoms with E-state index in [1.54, 1.807) is 0 Å². The maximum atomic E-state index is 12.1. The van der Waals surface area contributed by atoms with Gasteiger partial charge in [-0.2, -0.15) is 0 Å². The van der Waals surface area contributed by atoms with Crippen molar-refractivity contribution in [1.29, 1.82) is 0 Å². The van der Waals surface area contributed by atoms with E-state index in [1.807, 2.05) is 32.0 Å². The Morgan fingerprint density at radius 3 is 2.86 bits per heavy atom. The van der Waals surface area contributed by atoms with Crippen LogP contribution in [0.1, 0.15) is 30.3 Å². The molecule has 0 radical (unpaired) electrons. The molecule has 1 aromatic carbocycles. The second-order valence-corrected chi connectivity index (χ2v) is 6.12. The number of aryl methyl sites for hydroxylation is 3. The molecule has 22 heavy (non-hydrogen) atoms. The van der Waals surface area contributed by atoms with Crippen molar-refractivity contribution in [3.05, 3.63) is 35.2 Å². The van der Waals surface area contributed by atoms with Crippen molar-refractivity contribution in [2.45, 2.75) is 38.8 Å². The van der Waals surface area contributed by atoms with Crippen molar-refractivity contribution >= 4 is 23.4 Å². The molecule has 1 heterocycles. The van der Waals surface area contributed by atoms with Crippen molar-refractivity contribution in [1.82, 2.24) is 14.9 Å². The van der Waals surface area contributed by atoms with Gasteiger partial charge >= 0.3 is 0 Å². The van der Waals surface area contributed by atoms with Gasteiger partial charge in [-0.15, -0.1) is 10.2 Å². The van der Waals surface area contributed by atoms with E-state index in [1.165, 1.54) is 16.4 Å². The number of benzene rings is 1. The van der Waals surface area contributed by atoms with E-state index in [0.717, 1.165) is 35.5 Å². The Morgan fingerprint density at radius 2 is 2.14 bits per heavy atom. The molecule has 0 aliphatic heterocycles. The number of nitrogens with zero attached hydrogens (tertiary/aromatic N) is 3. The number of carbonyl (C=O) groups excluding carboxylic acids is 1. The highest BCUT2D eigenvalue weighted by atomic mass is 32.2. The maximum absolute atomic E-state index is 12.1. The predicted octanol–water partition coefficient (Wildman–Crippen LogP) is 2.29. The molecule has 0 spiro atoms. The van der Waals surface area contributed by atoms with Gasteiger partial charge in [-0.25, -0.2) is 4.68 Å². The maximum Gasteiger partial charge on any atom is 0.234 e. The summed E-state index contributed by atoms with van der Waals surface area (Å²) in [5, 5.41) is 11.5. The first-order chi connectivity index (χ1) is 10.5. The van der Waals surface area contributed by atoms with Gasteiger partial charge in [0.25, 0.3) is 0 Å². The van der Waals surface area contributed by atoms with Crippen LogP contribution in [-0.4, -0.2) is 26.5 Å². The van der Waals surface area contributed by atoms with Crippen LogP contribution >= 0.6 is 11.8 Å². The quantitative estimate of drug-likeness (QED) is 0.630. The summed E-state index contributed by atoms with van der Waals surface area (Å²) in [6, 6.07) is 5.97. The van der Waals surface area contributed by atoms with Gasteiger partial charge in [0.1, 0.15) is 0 Å². The van der Waals surface area contributed by atoms with E-state index in [9.17, 15) is 4.79 Å². The number of nitrogens with two attached hydrogens (primary N) is 1. The first-order valence-electron chi connectivity index (χ1n) is 7.20. The number of nitrogens with one attached hydrogen (secondary N) is 1. The molecule has 0 unspecified atom stereocenters. The Balaban J connectivity index is 1.94. The zero-order valence-corrected chi connectivity index (χ0v) is 13.9. The fraction of sp³-hybridized carbons (Fsp3) is 0.400. The second kappa shape index (κ2) is 7.31. The minimum Gasteiger partial charge on any atom is -0.336 e. The standard InChI is InChI=1S/C15H21N5OS/c1-4-5-13-18-19-15(20(13)16)22-9-14(21)17-12-8-10(2)6-7-11(12)3/h6-8H,4-5,9,16H2,1-3H3,(H,17,21). The molecule has 118 valence electrons. The third kappa shape index (κ3) is 4.00. The summed E-state index contributed by atoms with van der Waals surface area (Å²) in [4.78, 5) is 12.1. The van der Waals surface area contributed by atoms with Crippen LogP contribution < -0.4 is 11.2 Å². The van der Waals surface area contributed by atoms with Crippen molar-refractivity contribution in [3.63, 3.8) is 0 Å². The number of rotatable bonds is 6. The Labute approximate surface area is 134 Å². The average Bonchev–Trinajstić information content (AvgIpc) is 2.82. The lowest BCUT2D eigenvalue weighted by molar-refractivity contribution is -0.113. The zero-order valence-electron chi connectivity index (χ0n) is 13.1. The van der Waals surface area contributed by atoms with Crippen molar-refractivity contribution in [3.8, 4) is 0 Å². The fourth-order valence-electron chi connectivity index (χ4n) is 1.99. The molecule has 2 aromatic rings. The molecule has 0 saturated heterocycles. The third-order valence-electron chi connectivity index (χ3n) is 3.21. The van der Waals surface area contributed by atoms with Gasteiger partial charge in [-0.3, -0.25) is 4.79 Å². The molecular weight excluding hydrogens is 298 g/mol. The number of nitrogen functional groups attached to an aromatic ring is 1. The number of aromatic nitrogens is 3. The smallest absolute Gasteiger partial charge is 0.234 e. The summed E-state index contributed by atoms with van der Waals surface area (Å²) in [5.41, 5.74) is 2.99. The molecule has 0 fully saturated rings. The Hall–Kier alpha value is -2.02. The van der Waals surface area contributed by atoms with Crippen LogP contribution in [0.5, 0.6) is 0 Å². The minimum atomic E-state index is -0.0845. The van der Waals surface area contributed by atoms with Gasteiger partial charge in [0.05, 0.1) is 5.75 Å². The lowest BCUT2D eigenvalue weighted by atomic mass is 10.1. The molecule has 2 rings (SSSR count). The molecule has 0 bridgehead atoms. The van der Waals surface area contributed by atoms with Gasteiger partial charge in [0.15, 0.2) is 5.82 Å². The molecular formula is C15H21N5OS. The molecule has 7 heteroatoms. The van der Waals surface area contributed by atoms with E-state index in [0.29, 0.717) is 5.16 Å². The Morgan fingerprint density at radius 1 is 1.36 bits per heavy atom. The summed E-state index contributed by atoms with van der Waals surface area (Å²) in [5.74, 6) is 6.81. The number of amides is 1. The van der Waals surface area contributed by atoms with Crippen molar-refractivity contribution in [2.24, 2.45) is 0 Å². The molecule has 1 amide bonds. The van der Waals surface area contributed by atoms with Crippen LogP contribution in [0, 0.1) is 13.8 Å². The number of anilines is 1. The predicted molar refractivity (Wildman–Crippen MR) is 89.4 cm³/mol. The van der Waals surface area contributed by atoms with Crippen LogP contribution in [0.25, 0.3) is 0 Å². The molecule has 3 N–H and O–H groups in total. The van der Waals surface area contributed by atoms with E-state index in [4.69, 9.17) is 5.84 Å². The monoisotopic (exact) mass is 319 g/mol. The summed E-state index contributed by atoms with van der Waals surface area (Å²) >= 11 is 1.28. The second-order valence-electron chi connectivity index (χ2n) is 5.17. The number of thioether (sulfide) groups is 1. The summed E-state index contributed by atoms with van der Waals surface area (Å²) in [6.07, 6.45) is 1.73. The van der Waals surface area contributed by atoms with E-state index in [2.05, 4.69) is 22.4 Å². The normalized spacial score (nSPS) is 10.7. The van der Waals surface area contributed by atoms with Gasteiger partial charge in [0, 0.05) is 12.1 Å². The van der Waals surface area contributed by atoms with E-state index < -0.39 is 0 Å². The zero-order chi connectivity index (χ0) is 16.1. The van der Waals surface area contributed by atoms with Crippen LogP contribution in [-0.2, 0) is 11.2 Å². The van der Waals surface area contributed by atoms with E-state index in [-0.39, 0.29) is 11.7 Å². The van der Waals surface area contributed by atoms with Gasteiger partial charge in [0.2, 0.25) is 11.1 Å². The first kappa shape index (κ1) is 16.4. The van der Waals surface area contributed by atoms with Crippen LogP contribution in [0.3, 0.4) is 0 Å². The Bertz CT molecular complexity index is 668. The number of hydrogen-bond acceptors (Lipinski definition) is 5. The highest BCUT2D eigenvalue weighted by Gasteiger charge is 2.12. The molecule has 0 atom stereocenters. The number of carbonyl (C=O) groups is 1. The van der Waals surface area contributed by atoms with Gasteiger partial charge in [-0.1, -0.05) is 30.8 Å². The molecule has 0 saturated carbocycles. The minimum absolute atomic E-state index is 0.0845. The third-order valence-corrected chi connectivity index (χ3v) is 4.15. The molecule has 6 nitrogen and oxygen atoms in total. The van der Waals surface area contributed by atoms with Crippen LogP contribution in [0.15, 0.2) is 23.4 Å². The molecule has 0 aliphatic carbocycles. The molecule has 0 aliphatic rings.